The fourth-order valence-electron chi connectivity index (χ4n) is 7.53. The maximum atomic E-state index is 13.3. The molecule has 1 aromatic carbocycles. The minimum absolute atomic E-state index is 0.150. The molecule has 2 nitrogen and oxygen atoms in total. The summed E-state index contributed by atoms with van der Waals surface area (Å²) in [6.07, 6.45) is 18.1. The molecule has 1 saturated carbocycles. The Morgan fingerprint density at radius 1 is 1.03 bits per heavy atom. The average molecular weight is 490 g/mol. The van der Waals surface area contributed by atoms with Crippen molar-refractivity contribution in [2.24, 2.45) is 29.6 Å². The van der Waals surface area contributed by atoms with Gasteiger partial charge in [-0.3, -0.25) is 4.79 Å². The Morgan fingerprint density at radius 3 is 2.61 bits per heavy atom. The molecule has 0 aromatic heterocycles. The molecule has 2 fully saturated rings. The van der Waals surface area contributed by atoms with Crippen molar-refractivity contribution in [2.45, 2.75) is 78.1 Å². The molecule has 1 heterocycles. The summed E-state index contributed by atoms with van der Waals surface area (Å²) in [6.45, 7) is 8.00. The summed E-state index contributed by atoms with van der Waals surface area (Å²) in [5.74, 6) is 3.26. The van der Waals surface area contributed by atoms with Gasteiger partial charge in [0.2, 0.25) is 0 Å². The molecule has 2 unspecified atom stereocenters. The summed E-state index contributed by atoms with van der Waals surface area (Å²) in [5.41, 5.74) is 5.55. The number of benzene rings is 1. The monoisotopic (exact) mass is 489 g/mol. The molecule has 36 heavy (non-hydrogen) atoms. The number of Topliss-reactive ketones (excluding diaryl/α,β-unsaturated/α-hetero) is 1. The first-order chi connectivity index (χ1) is 17.4. The highest BCUT2D eigenvalue weighted by Gasteiger charge is 2.32. The molecule has 194 valence electrons. The van der Waals surface area contributed by atoms with Crippen LogP contribution in [0.4, 0.5) is 4.39 Å². The number of piperidine rings is 1. The van der Waals surface area contributed by atoms with E-state index in [2.05, 4.69) is 37.0 Å². The number of likely N-dealkylation sites (tertiary alicyclic amines) is 1. The van der Waals surface area contributed by atoms with Crippen LogP contribution in [0.1, 0.15) is 77.2 Å². The second-order valence-electron chi connectivity index (χ2n) is 12.3. The van der Waals surface area contributed by atoms with Gasteiger partial charge in [-0.25, -0.2) is 4.39 Å². The first-order valence-electron chi connectivity index (χ1n) is 14.5. The van der Waals surface area contributed by atoms with E-state index < -0.39 is 0 Å². The van der Waals surface area contributed by atoms with Gasteiger partial charge in [-0.2, -0.15) is 0 Å². The predicted octanol–water partition coefficient (Wildman–Crippen LogP) is 7.70. The van der Waals surface area contributed by atoms with Crippen molar-refractivity contribution in [2.75, 3.05) is 19.6 Å². The summed E-state index contributed by atoms with van der Waals surface area (Å²) >= 11 is 0. The molecule has 0 radical (unpaired) electrons. The zero-order valence-electron chi connectivity index (χ0n) is 22.4. The second kappa shape index (κ2) is 11.6. The molecule has 1 aromatic rings. The lowest BCUT2D eigenvalue weighted by molar-refractivity contribution is -0.120. The van der Waals surface area contributed by atoms with E-state index in [-0.39, 0.29) is 5.82 Å². The van der Waals surface area contributed by atoms with Gasteiger partial charge in [-0.15, -0.1) is 0 Å². The first kappa shape index (κ1) is 25.6. The Balaban J connectivity index is 1.13. The highest BCUT2D eigenvalue weighted by molar-refractivity contribution is 5.81. The molecule has 1 aliphatic heterocycles. The molecule has 1 saturated heterocycles. The van der Waals surface area contributed by atoms with Crippen LogP contribution in [0.25, 0.3) is 0 Å². The van der Waals surface area contributed by atoms with Crippen LogP contribution in [0.2, 0.25) is 0 Å². The van der Waals surface area contributed by atoms with E-state index in [4.69, 9.17) is 0 Å². The number of nitrogens with zero attached hydrogens (tertiary/aromatic N) is 1. The Kier molecular flexibility index (Phi) is 8.25. The lowest BCUT2D eigenvalue weighted by Crippen LogP contribution is -2.41. The molecule has 3 aliphatic carbocycles. The number of carbonyl (C=O) groups excluding carboxylic acids is 1. The van der Waals surface area contributed by atoms with Crippen molar-refractivity contribution in [1.82, 2.24) is 4.90 Å². The van der Waals surface area contributed by atoms with Crippen LogP contribution in [0.3, 0.4) is 0 Å². The summed E-state index contributed by atoms with van der Waals surface area (Å²) in [6, 6.07) is 7.06. The number of hydrogen-bond donors (Lipinski definition) is 0. The zero-order valence-corrected chi connectivity index (χ0v) is 22.4. The van der Waals surface area contributed by atoms with Crippen LogP contribution < -0.4 is 0 Å². The number of halogens is 1. The summed E-state index contributed by atoms with van der Waals surface area (Å²) < 4.78 is 13.3. The number of carbonyl (C=O) groups is 1. The third-order valence-electron chi connectivity index (χ3n) is 9.61. The summed E-state index contributed by atoms with van der Waals surface area (Å²) in [4.78, 5) is 15.9. The number of allylic oxidation sites excluding steroid dienone is 6. The predicted molar refractivity (Wildman–Crippen MR) is 146 cm³/mol. The van der Waals surface area contributed by atoms with Gasteiger partial charge < -0.3 is 4.90 Å². The third kappa shape index (κ3) is 6.28. The third-order valence-corrected chi connectivity index (χ3v) is 9.61. The highest BCUT2D eigenvalue weighted by atomic mass is 19.1. The van der Waals surface area contributed by atoms with E-state index in [0.29, 0.717) is 41.8 Å². The van der Waals surface area contributed by atoms with E-state index in [1.807, 2.05) is 12.1 Å². The van der Waals surface area contributed by atoms with E-state index in [1.165, 1.54) is 67.4 Å². The molecule has 0 spiro atoms. The van der Waals surface area contributed by atoms with Gasteiger partial charge in [0, 0.05) is 31.8 Å². The molecular weight excluding hydrogens is 445 g/mol. The summed E-state index contributed by atoms with van der Waals surface area (Å²) in [7, 11) is 0. The van der Waals surface area contributed by atoms with Crippen LogP contribution in [-0.2, 0) is 11.2 Å². The standard InChI is InChI=1S/C33H44FNO/c1-23-16-30-18-26(11-14-33(30)24(23)2)19-32(36)20-28-7-3-4-8-29(28)22-35-15-5-6-27(21-35)17-25-9-12-31(34)13-10-25/h9-14,18,27-30,33H,3-8,15-17,19-22H2,1-2H3/t27-,28-,29-,30?,33?/m0/s1. The minimum Gasteiger partial charge on any atom is -0.303 e. The van der Waals surface area contributed by atoms with Gasteiger partial charge in [0.25, 0.3) is 0 Å². The number of fused-ring (bicyclic) bond motifs is 1. The zero-order chi connectivity index (χ0) is 25.1. The molecule has 5 rings (SSSR count). The van der Waals surface area contributed by atoms with Gasteiger partial charge in [0.1, 0.15) is 11.6 Å². The van der Waals surface area contributed by atoms with Gasteiger partial charge in [0.05, 0.1) is 0 Å². The number of rotatable bonds is 8. The normalized spacial score (nSPS) is 30.9. The molecule has 0 bridgehead atoms. The van der Waals surface area contributed by atoms with E-state index >= 15 is 0 Å². The first-order valence-corrected chi connectivity index (χ1v) is 14.5. The number of hydrogen-bond acceptors (Lipinski definition) is 2. The van der Waals surface area contributed by atoms with Crippen molar-refractivity contribution in [3.8, 4) is 0 Å². The van der Waals surface area contributed by atoms with E-state index in [1.54, 1.807) is 12.1 Å². The van der Waals surface area contributed by atoms with Crippen LogP contribution in [0.5, 0.6) is 0 Å². The van der Waals surface area contributed by atoms with Crippen molar-refractivity contribution in [3.05, 3.63) is 70.6 Å². The second-order valence-corrected chi connectivity index (χ2v) is 12.3. The minimum atomic E-state index is -0.150. The van der Waals surface area contributed by atoms with E-state index in [9.17, 15) is 9.18 Å². The highest BCUT2D eigenvalue weighted by Crippen LogP contribution is 2.42. The smallest absolute Gasteiger partial charge is 0.137 e. The molecule has 0 N–H and O–H groups in total. The Bertz CT molecular complexity index is 1020. The summed E-state index contributed by atoms with van der Waals surface area (Å²) in [5, 5.41) is 0. The fraction of sp³-hybridized carbons (Fsp3) is 0.606. The molecule has 4 aliphatic rings. The van der Waals surface area contributed by atoms with Crippen LogP contribution >= 0.6 is 0 Å². The van der Waals surface area contributed by atoms with Gasteiger partial charge in [-0.1, -0.05) is 54.3 Å². The number of ketones is 1. The van der Waals surface area contributed by atoms with Crippen LogP contribution in [-0.4, -0.2) is 30.3 Å². The van der Waals surface area contributed by atoms with Gasteiger partial charge in [0.15, 0.2) is 0 Å². The Hall–Kier alpha value is -2.00. The lowest BCUT2D eigenvalue weighted by atomic mass is 9.75. The lowest BCUT2D eigenvalue weighted by Gasteiger charge is -2.39. The fourth-order valence-corrected chi connectivity index (χ4v) is 7.53. The SMILES string of the molecule is CC1=C(C)C2C=CC(CC(=O)C[C@@H]3CCCC[C@H]3CN3CCC[C@@H](Cc4ccc(F)cc4)C3)=CC2C1. The molecule has 3 heteroatoms. The average Bonchev–Trinajstić information content (AvgIpc) is 3.14. The van der Waals surface area contributed by atoms with Crippen LogP contribution in [0.15, 0.2) is 59.2 Å². The van der Waals surface area contributed by atoms with Crippen molar-refractivity contribution in [1.29, 1.82) is 0 Å². The topological polar surface area (TPSA) is 20.3 Å². The van der Waals surface area contributed by atoms with Gasteiger partial charge in [-0.05, 0) is 106 Å². The molecule has 0 amide bonds. The maximum Gasteiger partial charge on any atom is 0.137 e. The molecule has 5 atom stereocenters. The van der Waals surface area contributed by atoms with Crippen LogP contribution in [0, 0.1) is 35.4 Å². The van der Waals surface area contributed by atoms with Gasteiger partial charge >= 0.3 is 0 Å². The Labute approximate surface area is 217 Å². The van der Waals surface area contributed by atoms with Crippen molar-refractivity contribution < 1.29 is 9.18 Å². The van der Waals surface area contributed by atoms with Crippen molar-refractivity contribution in [3.63, 3.8) is 0 Å². The van der Waals surface area contributed by atoms with Crippen molar-refractivity contribution >= 4 is 5.78 Å². The largest absolute Gasteiger partial charge is 0.303 e. The maximum absolute atomic E-state index is 13.3. The molecular formula is C33H44FNO. The quantitative estimate of drug-likeness (QED) is 0.349. The van der Waals surface area contributed by atoms with E-state index in [0.717, 1.165) is 32.4 Å². The Morgan fingerprint density at radius 2 is 1.81 bits per heavy atom.